The molecular formula is C26H32ClFN2O3. The fourth-order valence-corrected chi connectivity index (χ4v) is 4.78. The van der Waals surface area contributed by atoms with Gasteiger partial charge in [0.2, 0.25) is 5.91 Å². The number of morpholine rings is 1. The molecule has 0 radical (unpaired) electrons. The molecule has 2 aliphatic rings. The minimum atomic E-state index is -0.303. The third kappa shape index (κ3) is 6.33. The predicted molar refractivity (Wildman–Crippen MR) is 128 cm³/mol. The summed E-state index contributed by atoms with van der Waals surface area (Å²) in [6.07, 6.45) is 3.52. The van der Waals surface area contributed by atoms with Gasteiger partial charge in [-0.3, -0.25) is 4.79 Å². The summed E-state index contributed by atoms with van der Waals surface area (Å²) < 4.78 is 26.7. The number of carbonyl (C=O) groups is 1. The number of hydrogen-bond donors (Lipinski definition) is 2. The molecule has 0 aliphatic carbocycles. The minimum Gasteiger partial charge on any atom is -0.381 e. The first-order chi connectivity index (χ1) is 15.9. The van der Waals surface area contributed by atoms with E-state index in [9.17, 15) is 9.18 Å². The van der Waals surface area contributed by atoms with Crippen LogP contribution in [0.4, 0.5) is 10.1 Å². The molecule has 0 aromatic heterocycles. The van der Waals surface area contributed by atoms with Gasteiger partial charge in [-0.15, -0.1) is 0 Å². The zero-order valence-electron chi connectivity index (χ0n) is 19.0. The summed E-state index contributed by atoms with van der Waals surface area (Å²) in [6.45, 7) is 4.88. The Morgan fingerprint density at radius 1 is 1.24 bits per heavy atom. The maximum atomic E-state index is 14.8. The fraction of sp³-hybridized carbons (Fsp3) is 0.500. The normalized spacial score (nSPS) is 21.0. The fourth-order valence-electron chi connectivity index (χ4n) is 4.65. The molecular weight excluding hydrogens is 443 g/mol. The molecule has 178 valence electrons. The second-order valence-electron chi connectivity index (χ2n) is 9.19. The first-order valence-corrected chi connectivity index (χ1v) is 12.1. The topological polar surface area (TPSA) is 59.6 Å². The van der Waals surface area contributed by atoms with E-state index in [-0.39, 0.29) is 29.3 Å². The molecule has 2 aromatic carbocycles. The summed E-state index contributed by atoms with van der Waals surface area (Å²) in [5.74, 6) is -0.696. The van der Waals surface area contributed by atoms with Crippen molar-refractivity contribution in [2.45, 2.75) is 50.7 Å². The Hall–Kier alpha value is -1.99. The predicted octanol–water partition coefficient (Wildman–Crippen LogP) is 4.77. The average molecular weight is 475 g/mol. The Balaban J connectivity index is 1.37. The van der Waals surface area contributed by atoms with Gasteiger partial charge in [0.05, 0.1) is 11.7 Å². The number of amides is 1. The van der Waals surface area contributed by atoms with Crippen LogP contribution in [-0.4, -0.2) is 43.9 Å². The highest BCUT2D eigenvalue weighted by atomic mass is 35.5. The van der Waals surface area contributed by atoms with Gasteiger partial charge in [-0.2, -0.15) is 0 Å². The van der Waals surface area contributed by atoms with Crippen LogP contribution >= 0.6 is 11.6 Å². The van der Waals surface area contributed by atoms with Crippen molar-refractivity contribution in [3.05, 3.63) is 64.4 Å². The zero-order chi connectivity index (χ0) is 23.3. The van der Waals surface area contributed by atoms with Gasteiger partial charge in [0.25, 0.3) is 0 Å². The zero-order valence-corrected chi connectivity index (χ0v) is 19.8. The molecule has 2 atom stereocenters. The van der Waals surface area contributed by atoms with Gasteiger partial charge in [0, 0.05) is 61.3 Å². The van der Waals surface area contributed by atoms with Gasteiger partial charge in [-0.25, -0.2) is 4.39 Å². The number of halogens is 2. The van der Waals surface area contributed by atoms with Crippen LogP contribution in [0.5, 0.6) is 0 Å². The highest BCUT2D eigenvalue weighted by molar-refractivity contribution is 6.30. The second kappa shape index (κ2) is 11.0. The molecule has 7 heteroatoms. The summed E-state index contributed by atoms with van der Waals surface area (Å²) in [5, 5.41) is 7.10. The van der Waals surface area contributed by atoms with Crippen molar-refractivity contribution in [1.29, 1.82) is 0 Å². The molecule has 2 fully saturated rings. The lowest BCUT2D eigenvalue weighted by atomic mass is 9.91. The van der Waals surface area contributed by atoms with Gasteiger partial charge in [-0.1, -0.05) is 36.7 Å². The van der Waals surface area contributed by atoms with Crippen molar-refractivity contribution in [3.8, 4) is 0 Å². The van der Waals surface area contributed by atoms with Crippen molar-refractivity contribution in [3.63, 3.8) is 0 Å². The molecule has 2 heterocycles. The van der Waals surface area contributed by atoms with Crippen molar-refractivity contribution < 1.29 is 18.7 Å². The second-order valence-corrected chi connectivity index (χ2v) is 9.63. The Labute approximate surface area is 200 Å². The van der Waals surface area contributed by atoms with Crippen molar-refractivity contribution in [2.75, 3.05) is 31.6 Å². The van der Waals surface area contributed by atoms with E-state index in [2.05, 4.69) is 10.6 Å². The summed E-state index contributed by atoms with van der Waals surface area (Å²) in [6, 6.07) is 12.3. The van der Waals surface area contributed by atoms with E-state index in [1.54, 1.807) is 12.1 Å². The van der Waals surface area contributed by atoms with Crippen LogP contribution in [0.15, 0.2) is 42.5 Å². The molecule has 33 heavy (non-hydrogen) atoms. The summed E-state index contributed by atoms with van der Waals surface area (Å²) in [7, 11) is 0. The minimum absolute atomic E-state index is 0.00355. The number of benzene rings is 2. The van der Waals surface area contributed by atoms with Crippen molar-refractivity contribution in [2.24, 2.45) is 5.92 Å². The monoisotopic (exact) mass is 474 g/mol. The lowest BCUT2D eigenvalue weighted by Gasteiger charge is -2.44. The van der Waals surface area contributed by atoms with Gasteiger partial charge in [0.15, 0.2) is 0 Å². The number of anilines is 1. The molecule has 0 bridgehead atoms. The first-order valence-electron chi connectivity index (χ1n) is 11.7. The van der Waals surface area contributed by atoms with Gasteiger partial charge in [-0.05, 0) is 49.1 Å². The van der Waals surface area contributed by atoms with Crippen molar-refractivity contribution >= 4 is 23.2 Å². The van der Waals surface area contributed by atoms with E-state index in [1.807, 2.05) is 31.2 Å². The molecule has 1 amide bonds. The number of rotatable bonds is 7. The smallest absolute Gasteiger partial charge is 0.227 e. The number of hydrogen-bond acceptors (Lipinski definition) is 4. The maximum absolute atomic E-state index is 14.8. The van der Waals surface area contributed by atoms with Crippen LogP contribution in [0, 0.1) is 11.7 Å². The van der Waals surface area contributed by atoms with E-state index < -0.39 is 0 Å². The Bertz CT molecular complexity index is 942. The molecule has 1 spiro atoms. The molecule has 0 unspecified atom stereocenters. The summed E-state index contributed by atoms with van der Waals surface area (Å²) >= 11 is 5.95. The molecule has 4 rings (SSSR count). The average Bonchev–Trinajstić information content (AvgIpc) is 2.81. The standard InChI is InChI=1S/C26H32ClFN2O3/c1-18(15-19-5-7-20(27)8-6-19)25(31)30-24-4-2-3-23(28)22(24)10-9-21-16-29-17-26(33-21)11-13-32-14-12-26/h2-8,18,21,29H,9-17H2,1H3,(H,30,31)/t18-,21+/m0/s1. The Kier molecular flexibility index (Phi) is 8.02. The van der Waals surface area contributed by atoms with Crippen LogP contribution in [0.2, 0.25) is 5.02 Å². The van der Waals surface area contributed by atoms with Gasteiger partial charge >= 0.3 is 0 Å². The largest absolute Gasteiger partial charge is 0.381 e. The van der Waals surface area contributed by atoms with E-state index in [0.717, 1.165) is 31.5 Å². The van der Waals surface area contributed by atoms with Crippen LogP contribution in [-0.2, 0) is 27.1 Å². The Morgan fingerprint density at radius 3 is 2.76 bits per heavy atom. The van der Waals surface area contributed by atoms with Crippen LogP contribution in [0.25, 0.3) is 0 Å². The van der Waals surface area contributed by atoms with Crippen LogP contribution < -0.4 is 10.6 Å². The van der Waals surface area contributed by atoms with E-state index in [0.29, 0.717) is 48.7 Å². The summed E-state index contributed by atoms with van der Waals surface area (Å²) in [4.78, 5) is 12.8. The molecule has 2 aliphatic heterocycles. The molecule has 2 aromatic rings. The van der Waals surface area contributed by atoms with E-state index in [1.165, 1.54) is 6.07 Å². The van der Waals surface area contributed by atoms with Crippen molar-refractivity contribution in [1.82, 2.24) is 5.32 Å². The molecule has 5 nitrogen and oxygen atoms in total. The van der Waals surface area contributed by atoms with Gasteiger partial charge < -0.3 is 20.1 Å². The molecule has 2 N–H and O–H groups in total. The number of carbonyl (C=O) groups excluding carboxylic acids is 1. The quantitative estimate of drug-likeness (QED) is 0.607. The Morgan fingerprint density at radius 2 is 2.00 bits per heavy atom. The third-order valence-electron chi connectivity index (χ3n) is 6.64. The third-order valence-corrected chi connectivity index (χ3v) is 6.89. The lowest BCUT2D eigenvalue weighted by Crippen LogP contribution is -2.56. The summed E-state index contributed by atoms with van der Waals surface area (Å²) in [5.41, 5.74) is 1.92. The lowest BCUT2D eigenvalue weighted by molar-refractivity contribution is -0.160. The number of nitrogens with one attached hydrogen (secondary N) is 2. The molecule has 0 saturated carbocycles. The first kappa shape index (κ1) is 24.1. The highest BCUT2D eigenvalue weighted by Crippen LogP contribution is 2.30. The van der Waals surface area contributed by atoms with E-state index >= 15 is 0 Å². The SMILES string of the molecule is C[C@@H](Cc1ccc(Cl)cc1)C(=O)Nc1cccc(F)c1CC[C@@H]1CNCC2(CCOCC2)O1. The maximum Gasteiger partial charge on any atom is 0.227 e. The van der Waals surface area contributed by atoms with Gasteiger partial charge in [0.1, 0.15) is 5.82 Å². The van der Waals surface area contributed by atoms with E-state index in [4.69, 9.17) is 21.1 Å². The number of ether oxygens (including phenoxy) is 2. The van der Waals surface area contributed by atoms with Crippen LogP contribution in [0.1, 0.15) is 37.3 Å². The van der Waals surface area contributed by atoms with Crippen LogP contribution in [0.3, 0.4) is 0 Å². The molecule has 2 saturated heterocycles. The highest BCUT2D eigenvalue weighted by Gasteiger charge is 2.38.